The lowest BCUT2D eigenvalue weighted by Gasteiger charge is -2.13. The number of carbonyl (C=O) groups is 1. The Hall–Kier alpha value is -0.810. The number of aliphatic hydroxyl groups excluding tert-OH is 1. The fourth-order valence-corrected chi connectivity index (χ4v) is 1.93. The standard InChI is InChI=1S/C9H11BrN2O2/c10-6-3-8(11-4-6)9(14)12-2-1-7(13)5-12/h3-4,7,11,13H,1-2,5H2. The number of nitrogens with one attached hydrogen (secondary N) is 1. The van der Waals surface area contributed by atoms with Crippen molar-refractivity contribution in [2.75, 3.05) is 13.1 Å². The number of halogens is 1. The number of β-amino-alcohol motifs (C(OH)–C–C–N with tert-alkyl or cyclic N) is 1. The van der Waals surface area contributed by atoms with Gasteiger partial charge in [0.25, 0.3) is 5.91 Å². The molecule has 2 rings (SSSR count). The zero-order chi connectivity index (χ0) is 10.1. The van der Waals surface area contributed by atoms with Gasteiger partial charge in [-0.2, -0.15) is 0 Å². The number of amides is 1. The monoisotopic (exact) mass is 258 g/mol. The molecule has 1 saturated heterocycles. The lowest BCUT2D eigenvalue weighted by molar-refractivity contribution is 0.0760. The van der Waals surface area contributed by atoms with Crippen LogP contribution in [0.4, 0.5) is 0 Å². The first-order valence-electron chi connectivity index (χ1n) is 4.48. The number of rotatable bonds is 1. The SMILES string of the molecule is O=C(c1cc(Br)c[nH]1)N1CCC(O)C1. The van der Waals surface area contributed by atoms with Crippen molar-refractivity contribution in [2.45, 2.75) is 12.5 Å². The Kier molecular flexibility index (Phi) is 2.60. The molecule has 1 aliphatic rings. The molecule has 1 atom stereocenters. The second-order valence-electron chi connectivity index (χ2n) is 3.43. The van der Waals surface area contributed by atoms with Gasteiger partial charge in [-0.3, -0.25) is 4.79 Å². The molecule has 0 bridgehead atoms. The number of nitrogens with zero attached hydrogens (tertiary/aromatic N) is 1. The summed E-state index contributed by atoms with van der Waals surface area (Å²) in [6.07, 6.45) is 2.03. The van der Waals surface area contributed by atoms with Crippen molar-refractivity contribution in [1.82, 2.24) is 9.88 Å². The number of hydrogen-bond donors (Lipinski definition) is 2. The number of carbonyl (C=O) groups excluding carboxylic acids is 1. The van der Waals surface area contributed by atoms with E-state index in [9.17, 15) is 9.90 Å². The number of aromatic nitrogens is 1. The largest absolute Gasteiger partial charge is 0.391 e. The Bertz CT molecular complexity index is 350. The molecule has 1 amide bonds. The second kappa shape index (κ2) is 3.74. The molecule has 0 aromatic carbocycles. The van der Waals surface area contributed by atoms with Gasteiger partial charge in [0.1, 0.15) is 5.69 Å². The number of hydrogen-bond acceptors (Lipinski definition) is 2. The molecule has 2 heterocycles. The summed E-state index contributed by atoms with van der Waals surface area (Å²) in [6, 6.07) is 1.74. The van der Waals surface area contributed by atoms with Crippen molar-refractivity contribution in [3.8, 4) is 0 Å². The molecule has 2 N–H and O–H groups in total. The molecule has 4 nitrogen and oxygen atoms in total. The fraction of sp³-hybridized carbons (Fsp3) is 0.444. The maximum Gasteiger partial charge on any atom is 0.270 e. The summed E-state index contributed by atoms with van der Waals surface area (Å²) >= 11 is 3.27. The van der Waals surface area contributed by atoms with Crippen LogP contribution in [-0.2, 0) is 0 Å². The fourth-order valence-electron chi connectivity index (χ4n) is 1.59. The van der Waals surface area contributed by atoms with Gasteiger partial charge in [0, 0.05) is 23.8 Å². The summed E-state index contributed by atoms with van der Waals surface area (Å²) in [5.41, 5.74) is 0.561. The highest BCUT2D eigenvalue weighted by Crippen LogP contribution is 2.16. The summed E-state index contributed by atoms with van der Waals surface area (Å²) < 4.78 is 0.862. The topological polar surface area (TPSA) is 56.3 Å². The van der Waals surface area contributed by atoms with Crippen molar-refractivity contribution >= 4 is 21.8 Å². The van der Waals surface area contributed by atoms with Crippen LogP contribution in [0.2, 0.25) is 0 Å². The van der Waals surface area contributed by atoms with Crippen molar-refractivity contribution in [1.29, 1.82) is 0 Å². The van der Waals surface area contributed by atoms with E-state index in [0.717, 1.165) is 4.47 Å². The lowest BCUT2D eigenvalue weighted by Crippen LogP contribution is -2.29. The predicted molar refractivity (Wildman–Crippen MR) is 55.0 cm³/mol. The van der Waals surface area contributed by atoms with Gasteiger partial charge in [0.2, 0.25) is 0 Å². The van der Waals surface area contributed by atoms with Crippen LogP contribution >= 0.6 is 15.9 Å². The quantitative estimate of drug-likeness (QED) is 0.790. The van der Waals surface area contributed by atoms with Crippen molar-refractivity contribution in [3.63, 3.8) is 0 Å². The summed E-state index contributed by atoms with van der Waals surface area (Å²) in [4.78, 5) is 16.3. The summed E-state index contributed by atoms with van der Waals surface area (Å²) in [5, 5.41) is 9.29. The molecule has 0 saturated carbocycles. The molecule has 1 aliphatic heterocycles. The highest BCUT2D eigenvalue weighted by molar-refractivity contribution is 9.10. The first-order valence-corrected chi connectivity index (χ1v) is 5.27. The van der Waals surface area contributed by atoms with Crippen molar-refractivity contribution in [2.24, 2.45) is 0 Å². The van der Waals surface area contributed by atoms with Crippen LogP contribution in [0, 0.1) is 0 Å². The average Bonchev–Trinajstić information content (AvgIpc) is 2.73. The van der Waals surface area contributed by atoms with Gasteiger partial charge < -0.3 is 15.0 Å². The molecule has 5 heteroatoms. The minimum atomic E-state index is -0.364. The first kappa shape index (κ1) is 9.73. The maximum absolute atomic E-state index is 11.8. The molecule has 0 spiro atoms. The number of H-pyrrole nitrogens is 1. The van der Waals surface area contributed by atoms with Crippen LogP contribution in [-0.4, -0.2) is 40.1 Å². The highest BCUT2D eigenvalue weighted by Gasteiger charge is 2.25. The van der Waals surface area contributed by atoms with Crippen LogP contribution in [0.25, 0.3) is 0 Å². The van der Waals surface area contributed by atoms with Gasteiger partial charge in [-0.15, -0.1) is 0 Å². The van der Waals surface area contributed by atoms with Gasteiger partial charge in [-0.05, 0) is 28.4 Å². The normalized spacial score (nSPS) is 21.6. The van der Waals surface area contributed by atoms with Gasteiger partial charge in [-0.1, -0.05) is 0 Å². The minimum absolute atomic E-state index is 0.0488. The molecule has 76 valence electrons. The minimum Gasteiger partial charge on any atom is -0.391 e. The third kappa shape index (κ3) is 1.83. The number of likely N-dealkylation sites (tertiary alicyclic amines) is 1. The van der Waals surface area contributed by atoms with Gasteiger partial charge in [-0.25, -0.2) is 0 Å². The molecular weight excluding hydrogens is 248 g/mol. The van der Waals surface area contributed by atoms with Crippen LogP contribution < -0.4 is 0 Å². The average molecular weight is 259 g/mol. The smallest absolute Gasteiger partial charge is 0.270 e. The molecule has 1 aromatic heterocycles. The zero-order valence-corrected chi connectivity index (χ0v) is 9.12. The van der Waals surface area contributed by atoms with E-state index >= 15 is 0 Å². The van der Waals surface area contributed by atoms with Crippen molar-refractivity contribution < 1.29 is 9.90 Å². The van der Waals surface area contributed by atoms with Crippen LogP contribution in [0.15, 0.2) is 16.7 Å². The number of aliphatic hydroxyl groups is 1. The van der Waals surface area contributed by atoms with E-state index in [4.69, 9.17) is 0 Å². The lowest BCUT2D eigenvalue weighted by atomic mass is 10.3. The molecule has 0 aliphatic carbocycles. The maximum atomic E-state index is 11.8. The molecule has 14 heavy (non-hydrogen) atoms. The molecule has 1 fully saturated rings. The first-order chi connectivity index (χ1) is 6.66. The highest BCUT2D eigenvalue weighted by atomic mass is 79.9. The predicted octanol–water partition coefficient (Wildman–Crippen LogP) is 0.984. The Morgan fingerprint density at radius 2 is 2.50 bits per heavy atom. The Balaban J connectivity index is 2.09. The number of aromatic amines is 1. The zero-order valence-electron chi connectivity index (χ0n) is 7.53. The van der Waals surface area contributed by atoms with Gasteiger partial charge in [0.05, 0.1) is 6.10 Å². The Labute approximate surface area is 90.0 Å². The van der Waals surface area contributed by atoms with Gasteiger partial charge >= 0.3 is 0 Å². The molecule has 1 aromatic rings. The summed E-state index contributed by atoms with van der Waals surface area (Å²) in [6.45, 7) is 1.08. The van der Waals surface area contributed by atoms with Gasteiger partial charge in [0.15, 0.2) is 0 Å². The van der Waals surface area contributed by atoms with Crippen LogP contribution in [0.3, 0.4) is 0 Å². The van der Waals surface area contributed by atoms with E-state index in [1.54, 1.807) is 17.2 Å². The molecular formula is C9H11BrN2O2. The van der Waals surface area contributed by atoms with E-state index < -0.39 is 0 Å². The van der Waals surface area contributed by atoms with Crippen molar-refractivity contribution in [3.05, 3.63) is 22.4 Å². The third-order valence-electron chi connectivity index (χ3n) is 2.33. The van der Waals surface area contributed by atoms with Crippen LogP contribution in [0.1, 0.15) is 16.9 Å². The third-order valence-corrected chi connectivity index (χ3v) is 2.79. The molecule has 0 radical (unpaired) electrons. The summed E-state index contributed by atoms with van der Waals surface area (Å²) in [7, 11) is 0. The second-order valence-corrected chi connectivity index (χ2v) is 4.34. The Morgan fingerprint density at radius 3 is 3.00 bits per heavy atom. The summed E-state index contributed by atoms with van der Waals surface area (Å²) in [5.74, 6) is -0.0488. The van der Waals surface area contributed by atoms with E-state index in [1.165, 1.54) is 0 Å². The van der Waals surface area contributed by atoms with E-state index in [2.05, 4.69) is 20.9 Å². The van der Waals surface area contributed by atoms with E-state index in [-0.39, 0.29) is 12.0 Å². The Morgan fingerprint density at radius 1 is 1.71 bits per heavy atom. The molecule has 1 unspecified atom stereocenters. The van der Waals surface area contributed by atoms with Crippen LogP contribution in [0.5, 0.6) is 0 Å². The van der Waals surface area contributed by atoms with E-state index in [1.807, 2.05) is 0 Å². The van der Waals surface area contributed by atoms with E-state index in [0.29, 0.717) is 25.2 Å².